The lowest BCUT2D eigenvalue weighted by molar-refractivity contribution is -0.139. The third kappa shape index (κ3) is 5.64. The van der Waals surface area contributed by atoms with Gasteiger partial charge in [-0.25, -0.2) is 0 Å². The van der Waals surface area contributed by atoms with Gasteiger partial charge in [0.05, 0.1) is 0 Å². The van der Waals surface area contributed by atoms with Gasteiger partial charge in [-0.2, -0.15) is 5.26 Å². The van der Waals surface area contributed by atoms with E-state index in [4.69, 9.17) is 0 Å². The minimum Gasteiger partial charge on any atom is -0.339 e. The normalized spacial score (nSPS) is 13.7. The number of pyridine rings is 1. The molecule has 1 N–H and O–H groups in total. The molecule has 1 saturated heterocycles. The molecule has 0 bridgehead atoms. The van der Waals surface area contributed by atoms with Crippen LogP contribution in [0.25, 0.3) is 0 Å². The Hall–Kier alpha value is -3.40. The lowest BCUT2D eigenvalue weighted by atomic mass is 9.99. The number of carbonyl (C=O) groups excluding carboxylic acids is 2. The number of amides is 2. The number of hydrogen-bond acceptors (Lipinski definition) is 4. The Labute approximate surface area is 188 Å². The molecule has 168 valence electrons. The average molecular weight is 435 g/mol. The highest BCUT2D eigenvalue weighted by Gasteiger charge is 2.24. The molecule has 0 radical (unpaired) electrons. The smallest absolute Gasteiger partial charge is 0.266 e. The minimum atomic E-state index is -0.387. The predicted molar refractivity (Wildman–Crippen MR) is 122 cm³/mol. The monoisotopic (exact) mass is 434 g/mol. The Balaban J connectivity index is 1.45. The molecule has 0 saturated carbocycles. The highest BCUT2D eigenvalue weighted by Crippen LogP contribution is 2.16. The molecule has 1 aliphatic heterocycles. The van der Waals surface area contributed by atoms with Crippen LogP contribution in [0.2, 0.25) is 0 Å². The van der Waals surface area contributed by atoms with Gasteiger partial charge in [0.25, 0.3) is 5.56 Å². The first-order chi connectivity index (χ1) is 15.4. The number of aromatic nitrogens is 1. The van der Waals surface area contributed by atoms with E-state index in [0.717, 1.165) is 18.4 Å². The summed E-state index contributed by atoms with van der Waals surface area (Å²) in [5.41, 5.74) is 3.16. The SMILES string of the molecule is Cc1[nH]c(=O)c(C#N)c(C)c1CCC(=O)N1CCN(C(=O)CCCc2ccccc2)CC1. The predicted octanol–water partition coefficient (Wildman–Crippen LogP) is 2.49. The van der Waals surface area contributed by atoms with Crippen molar-refractivity contribution in [3.8, 4) is 6.07 Å². The van der Waals surface area contributed by atoms with Gasteiger partial charge in [-0.05, 0) is 49.8 Å². The van der Waals surface area contributed by atoms with Gasteiger partial charge in [0.15, 0.2) is 0 Å². The van der Waals surface area contributed by atoms with Crippen LogP contribution in [0.15, 0.2) is 35.1 Å². The molecule has 1 fully saturated rings. The van der Waals surface area contributed by atoms with Crippen LogP contribution in [0, 0.1) is 25.2 Å². The summed E-state index contributed by atoms with van der Waals surface area (Å²) in [5.74, 6) is 0.182. The molecule has 1 aliphatic rings. The van der Waals surface area contributed by atoms with Crippen molar-refractivity contribution >= 4 is 11.8 Å². The first kappa shape index (κ1) is 23.3. The zero-order chi connectivity index (χ0) is 23.1. The van der Waals surface area contributed by atoms with Crippen LogP contribution in [0.1, 0.15) is 47.2 Å². The molecule has 0 unspecified atom stereocenters. The van der Waals surface area contributed by atoms with E-state index in [1.807, 2.05) is 29.2 Å². The molecule has 7 heteroatoms. The maximum absolute atomic E-state index is 12.7. The number of H-pyrrole nitrogens is 1. The lowest BCUT2D eigenvalue weighted by Crippen LogP contribution is -2.50. The van der Waals surface area contributed by atoms with Crippen LogP contribution in [-0.2, 0) is 22.4 Å². The number of aryl methyl sites for hydroxylation is 2. The molecule has 1 aromatic heterocycles. The fourth-order valence-electron chi connectivity index (χ4n) is 4.26. The van der Waals surface area contributed by atoms with Crippen LogP contribution >= 0.6 is 0 Å². The third-order valence-electron chi connectivity index (χ3n) is 6.19. The van der Waals surface area contributed by atoms with Gasteiger partial charge in [0.1, 0.15) is 11.6 Å². The second kappa shape index (κ2) is 10.8. The van der Waals surface area contributed by atoms with E-state index in [2.05, 4.69) is 17.1 Å². The van der Waals surface area contributed by atoms with E-state index in [1.54, 1.807) is 18.7 Å². The molecular formula is C25H30N4O3. The van der Waals surface area contributed by atoms with Crippen LogP contribution in [0.5, 0.6) is 0 Å². The standard InChI is InChI=1S/C25H30N4O3/c1-18-21(19(2)27-25(32)22(18)17-26)11-12-24(31)29-15-13-28(14-16-29)23(30)10-6-9-20-7-4-3-5-8-20/h3-5,7-8H,6,9-16H2,1-2H3,(H,27,32). The maximum atomic E-state index is 12.7. The van der Waals surface area contributed by atoms with Crippen LogP contribution in [-0.4, -0.2) is 52.8 Å². The van der Waals surface area contributed by atoms with E-state index in [9.17, 15) is 19.6 Å². The topological polar surface area (TPSA) is 97.3 Å². The number of nitriles is 1. The molecule has 1 aromatic carbocycles. The van der Waals surface area contributed by atoms with E-state index in [1.165, 1.54) is 5.56 Å². The van der Waals surface area contributed by atoms with Crippen LogP contribution in [0.4, 0.5) is 0 Å². The zero-order valence-corrected chi connectivity index (χ0v) is 18.8. The first-order valence-electron chi connectivity index (χ1n) is 11.1. The quantitative estimate of drug-likeness (QED) is 0.724. The minimum absolute atomic E-state index is 0.0321. The van der Waals surface area contributed by atoms with Crippen molar-refractivity contribution in [2.75, 3.05) is 26.2 Å². The van der Waals surface area contributed by atoms with Crippen molar-refractivity contribution < 1.29 is 9.59 Å². The van der Waals surface area contributed by atoms with Gasteiger partial charge in [-0.3, -0.25) is 14.4 Å². The Morgan fingerprint density at radius 2 is 1.56 bits per heavy atom. The molecular weight excluding hydrogens is 404 g/mol. The molecule has 2 amide bonds. The Morgan fingerprint density at radius 1 is 0.969 bits per heavy atom. The number of nitrogens with zero attached hydrogens (tertiary/aromatic N) is 3. The van der Waals surface area contributed by atoms with E-state index < -0.39 is 0 Å². The van der Waals surface area contributed by atoms with Gasteiger partial charge in [-0.1, -0.05) is 30.3 Å². The number of carbonyl (C=O) groups is 2. The van der Waals surface area contributed by atoms with Gasteiger partial charge >= 0.3 is 0 Å². The summed E-state index contributed by atoms with van der Waals surface area (Å²) in [6, 6.07) is 12.1. The highest BCUT2D eigenvalue weighted by molar-refractivity contribution is 5.78. The van der Waals surface area contributed by atoms with Crippen molar-refractivity contribution in [2.24, 2.45) is 0 Å². The lowest BCUT2D eigenvalue weighted by Gasteiger charge is -2.35. The molecule has 2 aromatic rings. The fraction of sp³-hybridized carbons (Fsp3) is 0.440. The van der Waals surface area contributed by atoms with Crippen molar-refractivity contribution in [3.63, 3.8) is 0 Å². The average Bonchev–Trinajstić information content (AvgIpc) is 2.79. The fourth-order valence-corrected chi connectivity index (χ4v) is 4.26. The molecule has 32 heavy (non-hydrogen) atoms. The Morgan fingerprint density at radius 3 is 2.16 bits per heavy atom. The summed E-state index contributed by atoms with van der Waals surface area (Å²) < 4.78 is 0. The van der Waals surface area contributed by atoms with Gasteiger partial charge in [-0.15, -0.1) is 0 Å². The van der Waals surface area contributed by atoms with Crippen LogP contribution in [0.3, 0.4) is 0 Å². The molecule has 0 spiro atoms. The van der Waals surface area contributed by atoms with Crippen molar-refractivity contribution in [2.45, 2.75) is 46.0 Å². The third-order valence-corrected chi connectivity index (χ3v) is 6.19. The molecule has 2 heterocycles. The Bertz CT molecular complexity index is 1060. The summed E-state index contributed by atoms with van der Waals surface area (Å²) in [7, 11) is 0. The number of rotatable bonds is 7. The summed E-state index contributed by atoms with van der Waals surface area (Å²) in [5, 5.41) is 9.20. The molecule has 7 nitrogen and oxygen atoms in total. The van der Waals surface area contributed by atoms with E-state index in [-0.39, 0.29) is 22.9 Å². The number of hydrogen-bond donors (Lipinski definition) is 1. The van der Waals surface area contributed by atoms with Crippen molar-refractivity contribution in [3.05, 3.63) is 68.6 Å². The van der Waals surface area contributed by atoms with Crippen LogP contribution < -0.4 is 5.56 Å². The second-order valence-corrected chi connectivity index (χ2v) is 8.27. The highest BCUT2D eigenvalue weighted by atomic mass is 16.2. The van der Waals surface area contributed by atoms with E-state index >= 15 is 0 Å². The summed E-state index contributed by atoms with van der Waals surface area (Å²) >= 11 is 0. The number of aromatic amines is 1. The summed E-state index contributed by atoms with van der Waals surface area (Å²) in [6.45, 7) is 5.74. The molecule has 3 rings (SSSR count). The van der Waals surface area contributed by atoms with Crippen molar-refractivity contribution in [1.82, 2.24) is 14.8 Å². The second-order valence-electron chi connectivity index (χ2n) is 8.27. The van der Waals surface area contributed by atoms with Gasteiger partial charge in [0.2, 0.25) is 11.8 Å². The Kier molecular flexibility index (Phi) is 7.82. The number of benzene rings is 1. The summed E-state index contributed by atoms with van der Waals surface area (Å²) in [6.07, 6.45) is 3.02. The van der Waals surface area contributed by atoms with Gasteiger partial charge < -0.3 is 14.8 Å². The van der Waals surface area contributed by atoms with E-state index in [0.29, 0.717) is 56.7 Å². The number of nitrogens with one attached hydrogen (secondary N) is 1. The number of piperazine rings is 1. The zero-order valence-electron chi connectivity index (χ0n) is 18.8. The first-order valence-corrected chi connectivity index (χ1v) is 11.1. The largest absolute Gasteiger partial charge is 0.339 e. The summed E-state index contributed by atoms with van der Waals surface area (Å²) in [4.78, 5) is 43.4. The maximum Gasteiger partial charge on any atom is 0.266 e. The van der Waals surface area contributed by atoms with Gasteiger partial charge in [0, 0.05) is 44.7 Å². The van der Waals surface area contributed by atoms with Crippen molar-refractivity contribution in [1.29, 1.82) is 5.26 Å². The molecule has 0 aliphatic carbocycles. The molecule has 0 atom stereocenters.